The first-order valence-electron chi connectivity index (χ1n) is 6.82. The molecule has 0 spiro atoms. The normalized spacial score (nSPS) is 32.2. The molecule has 2 saturated heterocycles. The van der Waals surface area contributed by atoms with E-state index < -0.39 is 0 Å². The second-order valence-corrected chi connectivity index (χ2v) is 5.37. The van der Waals surface area contributed by atoms with Crippen LogP contribution < -0.4 is 5.32 Å². The summed E-state index contributed by atoms with van der Waals surface area (Å²) in [6.07, 6.45) is 3.79. The second kappa shape index (κ2) is 5.99. The third kappa shape index (κ3) is 3.19. The van der Waals surface area contributed by atoms with Gasteiger partial charge in [0.15, 0.2) is 0 Å². The fourth-order valence-corrected chi connectivity index (χ4v) is 2.93. The average molecular weight is 226 g/mol. The van der Waals surface area contributed by atoms with Gasteiger partial charge in [-0.3, -0.25) is 4.90 Å². The lowest BCUT2D eigenvalue weighted by Crippen LogP contribution is -2.42. The molecule has 2 unspecified atom stereocenters. The zero-order chi connectivity index (χ0) is 11.4. The van der Waals surface area contributed by atoms with Crippen molar-refractivity contribution in [2.24, 2.45) is 5.92 Å². The Balaban J connectivity index is 1.84. The highest BCUT2D eigenvalue weighted by Crippen LogP contribution is 2.23. The third-order valence-corrected chi connectivity index (χ3v) is 4.27. The molecule has 3 heteroatoms. The van der Waals surface area contributed by atoms with Gasteiger partial charge in [0.2, 0.25) is 0 Å². The Kier molecular flexibility index (Phi) is 4.62. The van der Waals surface area contributed by atoms with Crippen LogP contribution in [0.15, 0.2) is 0 Å². The molecule has 0 bridgehead atoms. The maximum atomic E-state index is 5.45. The molecule has 0 saturated carbocycles. The van der Waals surface area contributed by atoms with Crippen LogP contribution in [0, 0.1) is 5.92 Å². The molecule has 0 aromatic heterocycles. The first-order chi connectivity index (χ1) is 7.77. The van der Waals surface area contributed by atoms with Gasteiger partial charge in [-0.2, -0.15) is 0 Å². The van der Waals surface area contributed by atoms with Gasteiger partial charge < -0.3 is 10.1 Å². The van der Waals surface area contributed by atoms with E-state index >= 15 is 0 Å². The van der Waals surface area contributed by atoms with Crippen molar-refractivity contribution in [3.63, 3.8) is 0 Å². The van der Waals surface area contributed by atoms with Crippen molar-refractivity contribution in [1.29, 1.82) is 0 Å². The first-order valence-corrected chi connectivity index (χ1v) is 6.82. The Morgan fingerprint density at radius 2 is 1.94 bits per heavy atom. The molecule has 2 rings (SSSR count). The van der Waals surface area contributed by atoms with Crippen LogP contribution in [0.1, 0.15) is 33.1 Å². The smallest absolute Gasteiger partial charge is 0.0469 e. The molecular formula is C13H26N2O. The van der Waals surface area contributed by atoms with Crippen LogP contribution in [0.4, 0.5) is 0 Å². The molecule has 0 aromatic carbocycles. The van der Waals surface area contributed by atoms with E-state index in [1.807, 2.05) is 0 Å². The van der Waals surface area contributed by atoms with Crippen molar-refractivity contribution >= 4 is 0 Å². The lowest BCUT2D eigenvalue weighted by molar-refractivity contribution is 0.0315. The first kappa shape index (κ1) is 12.3. The Hall–Kier alpha value is -0.120. The maximum Gasteiger partial charge on any atom is 0.0469 e. The third-order valence-electron chi connectivity index (χ3n) is 4.27. The summed E-state index contributed by atoms with van der Waals surface area (Å²) in [4.78, 5) is 2.67. The number of nitrogens with one attached hydrogen (secondary N) is 1. The van der Waals surface area contributed by atoms with E-state index in [0.717, 1.165) is 31.7 Å². The topological polar surface area (TPSA) is 24.5 Å². The molecule has 94 valence electrons. The zero-order valence-electron chi connectivity index (χ0n) is 10.7. The average Bonchev–Trinajstić information content (AvgIpc) is 2.54. The predicted molar refractivity (Wildman–Crippen MR) is 66.7 cm³/mol. The Morgan fingerprint density at radius 1 is 1.19 bits per heavy atom. The molecule has 1 N–H and O–H groups in total. The van der Waals surface area contributed by atoms with Gasteiger partial charge in [0.1, 0.15) is 0 Å². The van der Waals surface area contributed by atoms with Gasteiger partial charge in [-0.1, -0.05) is 0 Å². The highest BCUT2D eigenvalue weighted by Gasteiger charge is 2.26. The molecule has 2 aliphatic rings. The molecule has 2 fully saturated rings. The molecule has 0 radical (unpaired) electrons. The van der Waals surface area contributed by atoms with E-state index in [1.54, 1.807) is 0 Å². The van der Waals surface area contributed by atoms with Crippen LogP contribution in [-0.2, 0) is 4.74 Å². The van der Waals surface area contributed by atoms with Gasteiger partial charge in [0.05, 0.1) is 0 Å². The van der Waals surface area contributed by atoms with Crippen molar-refractivity contribution in [2.45, 2.75) is 45.2 Å². The number of hydrogen-bond acceptors (Lipinski definition) is 3. The molecule has 0 aliphatic carbocycles. The maximum absolute atomic E-state index is 5.45. The number of rotatable bonds is 2. The van der Waals surface area contributed by atoms with Gasteiger partial charge in [-0.05, 0) is 45.6 Å². The van der Waals surface area contributed by atoms with Gasteiger partial charge in [-0.25, -0.2) is 0 Å². The molecule has 2 atom stereocenters. The summed E-state index contributed by atoms with van der Waals surface area (Å²) >= 11 is 0. The minimum atomic E-state index is 0.687. The second-order valence-electron chi connectivity index (χ2n) is 5.37. The fraction of sp³-hybridized carbons (Fsp3) is 1.00. The zero-order valence-corrected chi connectivity index (χ0v) is 10.7. The van der Waals surface area contributed by atoms with Crippen LogP contribution in [0.3, 0.4) is 0 Å². The highest BCUT2D eigenvalue weighted by atomic mass is 16.5. The van der Waals surface area contributed by atoms with Gasteiger partial charge in [0.25, 0.3) is 0 Å². The van der Waals surface area contributed by atoms with Crippen LogP contribution in [-0.4, -0.2) is 49.8 Å². The van der Waals surface area contributed by atoms with E-state index in [2.05, 4.69) is 24.1 Å². The van der Waals surface area contributed by atoms with E-state index in [0.29, 0.717) is 6.04 Å². The van der Waals surface area contributed by atoms with E-state index in [1.165, 1.54) is 32.4 Å². The van der Waals surface area contributed by atoms with Gasteiger partial charge in [0, 0.05) is 38.4 Å². The molecular weight excluding hydrogens is 200 g/mol. The summed E-state index contributed by atoms with van der Waals surface area (Å²) in [5.74, 6) is 0.849. The Labute approximate surface area is 99.5 Å². The standard InChI is InChI=1S/C13H26N2O/c1-11-3-7-15(8-6-14-11)12(2)13-4-9-16-10-5-13/h11-14H,3-10H2,1-2H3. The summed E-state index contributed by atoms with van der Waals surface area (Å²) in [6, 6.07) is 1.42. The quantitative estimate of drug-likeness (QED) is 0.772. The lowest BCUT2D eigenvalue weighted by atomic mass is 9.91. The van der Waals surface area contributed by atoms with E-state index in [9.17, 15) is 0 Å². The number of nitrogens with zero attached hydrogens (tertiary/aromatic N) is 1. The Morgan fingerprint density at radius 3 is 2.69 bits per heavy atom. The summed E-state index contributed by atoms with van der Waals surface area (Å²) in [5, 5.41) is 3.57. The summed E-state index contributed by atoms with van der Waals surface area (Å²) < 4.78 is 5.45. The molecule has 16 heavy (non-hydrogen) atoms. The van der Waals surface area contributed by atoms with Crippen molar-refractivity contribution in [3.8, 4) is 0 Å². The predicted octanol–water partition coefficient (Wildman–Crippen LogP) is 1.49. The number of hydrogen-bond donors (Lipinski definition) is 1. The lowest BCUT2D eigenvalue weighted by Gasteiger charge is -2.35. The van der Waals surface area contributed by atoms with Crippen molar-refractivity contribution in [1.82, 2.24) is 10.2 Å². The monoisotopic (exact) mass is 226 g/mol. The minimum absolute atomic E-state index is 0.687. The van der Waals surface area contributed by atoms with Gasteiger partial charge in [-0.15, -0.1) is 0 Å². The van der Waals surface area contributed by atoms with Gasteiger partial charge >= 0.3 is 0 Å². The molecule has 2 aliphatic heterocycles. The van der Waals surface area contributed by atoms with Crippen LogP contribution in [0.5, 0.6) is 0 Å². The summed E-state index contributed by atoms with van der Waals surface area (Å²) in [6.45, 7) is 10.3. The van der Waals surface area contributed by atoms with Crippen molar-refractivity contribution in [3.05, 3.63) is 0 Å². The van der Waals surface area contributed by atoms with Crippen molar-refractivity contribution in [2.75, 3.05) is 32.8 Å². The van der Waals surface area contributed by atoms with Crippen molar-refractivity contribution < 1.29 is 4.74 Å². The molecule has 3 nitrogen and oxygen atoms in total. The molecule has 0 amide bonds. The SMILES string of the molecule is CC1CCN(C(C)C2CCOCC2)CCN1. The van der Waals surface area contributed by atoms with Crippen LogP contribution >= 0.6 is 0 Å². The summed E-state index contributed by atoms with van der Waals surface area (Å²) in [7, 11) is 0. The largest absolute Gasteiger partial charge is 0.381 e. The molecule has 0 aromatic rings. The molecule has 2 heterocycles. The Bertz CT molecular complexity index is 204. The number of ether oxygens (including phenoxy) is 1. The fourth-order valence-electron chi connectivity index (χ4n) is 2.93. The van der Waals surface area contributed by atoms with E-state index in [-0.39, 0.29) is 0 Å². The van der Waals surface area contributed by atoms with Crippen LogP contribution in [0.2, 0.25) is 0 Å². The van der Waals surface area contributed by atoms with Crippen LogP contribution in [0.25, 0.3) is 0 Å². The minimum Gasteiger partial charge on any atom is -0.381 e. The van der Waals surface area contributed by atoms with E-state index in [4.69, 9.17) is 4.74 Å². The highest BCUT2D eigenvalue weighted by molar-refractivity contribution is 4.81. The summed E-state index contributed by atoms with van der Waals surface area (Å²) in [5.41, 5.74) is 0.